The van der Waals surface area contributed by atoms with Gasteiger partial charge >= 0.3 is 0 Å². The van der Waals surface area contributed by atoms with E-state index < -0.39 is 0 Å². The van der Waals surface area contributed by atoms with Gasteiger partial charge in [0.15, 0.2) is 0 Å². The molecule has 1 amide bonds. The molecular weight excluding hydrogens is 312 g/mol. The first-order valence-corrected chi connectivity index (χ1v) is 7.62. The summed E-state index contributed by atoms with van der Waals surface area (Å²) in [5, 5.41) is 13.0. The van der Waals surface area contributed by atoms with Gasteiger partial charge in [0, 0.05) is 29.6 Å². The average Bonchev–Trinajstić information content (AvgIpc) is 2.59. The lowest BCUT2D eigenvalue weighted by Gasteiger charge is -2.29. The Balaban J connectivity index is 1.89. The van der Waals surface area contributed by atoms with Gasteiger partial charge in [-0.2, -0.15) is 0 Å². The SMILES string of the molecule is O=C(/C=C/c1ccccc1)N1CCC(=NO)c2cc(Cl)ccc21. The molecule has 0 saturated carbocycles. The molecule has 0 spiro atoms. The molecule has 2 aromatic rings. The molecule has 3 rings (SSSR count). The molecule has 0 atom stereocenters. The predicted octanol–water partition coefficient (Wildman–Crippen LogP) is 3.97. The normalized spacial score (nSPS) is 15.9. The number of carbonyl (C=O) groups excluding carboxylic acids is 1. The standard InChI is InChI=1S/C18H15ClN2O2/c19-14-7-8-17-15(12-14)16(20-23)10-11-21(17)18(22)9-6-13-4-2-1-3-5-13/h1-9,12,23H,10-11H2/b9-6+,20-16?. The number of fused-ring (bicyclic) bond motifs is 1. The number of anilines is 1. The van der Waals surface area contributed by atoms with Crippen LogP contribution in [0, 0.1) is 0 Å². The molecular formula is C18H15ClN2O2. The second-order valence-electron chi connectivity index (χ2n) is 5.19. The minimum Gasteiger partial charge on any atom is -0.411 e. The number of hydrogen-bond acceptors (Lipinski definition) is 3. The summed E-state index contributed by atoms with van der Waals surface area (Å²) < 4.78 is 0. The lowest BCUT2D eigenvalue weighted by molar-refractivity contribution is -0.114. The molecule has 116 valence electrons. The monoisotopic (exact) mass is 326 g/mol. The molecule has 1 heterocycles. The van der Waals surface area contributed by atoms with Gasteiger partial charge in [-0.05, 0) is 29.8 Å². The minimum atomic E-state index is -0.116. The molecule has 1 aliphatic rings. The maximum absolute atomic E-state index is 12.5. The van der Waals surface area contributed by atoms with E-state index in [0.29, 0.717) is 35.0 Å². The highest BCUT2D eigenvalue weighted by molar-refractivity contribution is 6.31. The van der Waals surface area contributed by atoms with Crippen molar-refractivity contribution in [3.05, 3.63) is 70.8 Å². The molecule has 0 aliphatic carbocycles. The van der Waals surface area contributed by atoms with Gasteiger partial charge in [-0.15, -0.1) is 0 Å². The first-order valence-electron chi connectivity index (χ1n) is 7.24. The van der Waals surface area contributed by atoms with Crippen molar-refractivity contribution < 1.29 is 10.0 Å². The van der Waals surface area contributed by atoms with Crippen LogP contribution in [0.5, 0.6) is 0 Å². The van der Waals surface area contributed by atoms with Gasteiger partial charge in [0.05, 0.1) is 11.4 Å². The number of carbonyl (C=O) groups is 1. The third kappa shape index (κ3) is 3.27. The van der Waals surface area contributed by atoms with Crippen molar-refractivity contribution >= 4 is 35.0 Å². The Labute approximate surface area is 139 Å². The highest BCUT2D eigenvalue weighted by Crippen LogP contribution is 2.30. The van der Waals surface area contributed by atoms with Gasteiger partial charge in [-0.3, -0.25) is 4.79 Å². The zero-order chi connectivity index (χ0) is 16.2. The average molecular weight is 327 g/mol. The van der Waals surface area contributed by atoms with E-state index in [1.165, 1.54) is 0 Å². The fourth-order valence-electron chi connectivity index (χ4n) is 2.60. The summed E-state index contributed by atoms with van der Waals surface area (Å²) in [6, 6.07) is 14.9. The van der Waals surface area contributed by atoms with Crippen molar-refractivity contribution in [2.24, 2.45) is 5.16 Å². The second-order valence-corrected chi connectivity index (χ2v) is 5.63. The summed E-state index contributed by atoms with van der Waals surface area (Å²) in [6.45, 7) is 0.464. The summed E-state index contributed by atoms with van der Waals surface area (Å²) in [6.07, 6.45) is 3.82. The maximum Gasteiger partial charge on any atom is 0.251 e. The third-order valence-electron chi connectivity index (χ3n) is 3.74. The van der Waals surface area contributed by atoms with E-state index in [1.54, 1.807) is 35.3 Å². The molecule has 5 heteroatoms. The Hall–Kier alpha value is -2.59. The highest BCUT2D eigenvalue weighted by Gasteiger charge is 2.25. The number of rotatable bonds is 2. The van der Waals surface area contributed by atoms with Gasteiger partial charge < -0.3 is 10.1 Å². The molecule has 4 nitrogen and oxygen atoms in total. The largest absolute Gasteiger partial charge is 0.411 e. The Morgan fingerprint density at radius 3 is 2.74 bits per heavy atom. The van der Waals surface area contributed by atoms with Crippen molar-refractivity contribution in [2.45, 2.75) is 6.42 Å². The summed E-state index contributed by atoms with van der Waals surface area (Å²) in [7, 11) is 0. The van der Waals surface area contributed by atoms with Crippen molar-refractivity contribution in [1.82, 2.24) is 0 Å². The van der Waals surface area contributed by atoms with Gasteiger partial charge in [0.1, 0.15) is 0 Å². The van der Waals surface area contributed by atoms with Crippen molar-refractivity contribution in [2.75, 3.05) is 11.4 Å². The van der Waals surface area contributed by atoms with Crippen LogP contribution in [0.25, 0.3) is 6.08 Å². The zero-order valence-corrected chi connectivity index (χ0v) is 13.1. The van der Waals surface area contributed by atoms with Crippen LogP contribution in [-0.2, 0) is 4.79 Å². The molecule has 0 fully saturated rings. The van der Waals surface area contributed by atoms with Crippen LogP contribution >= 0.6 is 11.6 Å². The fraction of sp³-hybridized carbons (Fsp3) is 0.111. The molecule has 23 heavy (non-hydrogen) atoms. The molecule has 2 aromatic carbocycles. The summed E-state index contributed by atoms with van der Waals surface area (Å²) in [5.41, 5.74) is 2.90. The molecule has 0 bridgehead atoms. The number of halogens is 1. The van der Waals surface area contributed by atoms with E-state index in [1.807, 2.05) is 30.3 Å². The van der Waals surface area contributed by atoms with Crippen LogP contribution in [-0.4, -0.2) is 23.4 Å². The van der Waals surface area contributed by atoms with Crippen LogP contribution in [0.1, 0.15) is 17.5 Å². The van der Waals surface area contributed by atoms with Gasteiger partial charge in [-0.1, -0.05) is 47.1 Å². The summed E-state index contributed by atoms with van der Waals surface area (Å²) in [4.78, 5) is 14.2. The van der Waals surface area contributed by atoms with E-state index >= 15 is 0 Å². The number of benzene rings is 2. The molecule has 1 aliphatic heterocycles. The van der Waals surface area contributed by atoms with Crippen molar-refractivity contribution in [1.29, 1.82) is 0 Å². The third-order valence-corrected chi connectivity index (χ3v) is 3.97. The quantitative estimate of drug-likeness (QED) is 0.516. The Kier molecular flexibility index (Phi) is 4.44. The van der Waals surface area contributed by atoms with E-state index in [9.17, 15) is 4.79 Å². The molecule has 0 saturated heterocycles. The minimum absolute atomic E-state index is 0.116. The van der Waals surface area contributed by atoms with E-state index in [2.05, 4.69) is 5.16 Å². The molecule has 1 N–H and O–H groups in total. The lowest BCUT2D eigenvalue weighted by Crippen LogP contribution is -2.36. The maximum atomic E-state index is 12.5. The van der Waals surface area contributed by atoms with E-state index in [-0.39, 0.29) is 5.91 Å². The molecule has 0 aromatic heterocycles. The Morgan fingerprint density at radius 2 is 2.00 bits per heavy atom. The number of nitrogens with zero attached hydrogens (tertiary/aromatic N) is 2. The van der Waals surface area contributed by atoms with Crippen LogP contribution < -0.4 is 4.90 Å². The number of hydrogen-bond donors (Lipinski definition) is 1. The molecule has 0 radical (unpaired) electrons. The Morgan fingerprint density at radius 1 is 1.22 bits per heavy atom. The summed E-state index contributed by atoms with van der Waals surface area (Å²) in [5.74, 6) is -0.116. The second kappa shape index (κ2) is 6.67. The zero-order valence-electron chi connectivity index (χ0n) is 12.3. The fourth-order valence-corrected chi connectivity index (χ4v) is 2.77. The smallest absolute Gasteiger partial charge is 0.251 e. The first kappa shape index (κ1) is 15.3. The lowest BCUT2D eigenvalue weighted by atomic mass is 9.99. The predicted molar refractivity (Wildman–Crippen MR) is 92.2 cm³/mol. The first-order chi connectivity index (χ1) is 11.2. The van der Waals surface area contributed by atoms with Crippen molar-refractivity contribution in [3.8, 4) is 0 Å². The molecule has 0 unspecified atom stereocenters. The van der Waals surface area contributed by atoms with Gasteiger partial charge in [-0.25, -0.2) is 0 Å². The van der Waals surface area contributed by atoms with Gasteiger partial charge in [0.25, 0.3) is 5.91 Å². The topological polar surface area (TPSA) is 52.9 Å². The van der Waals surface area contributed by atoms with E-state index in [0.717, 1.165) is 5.56 Å². The van der Waals surface area contributed by atoms with Gasteiger partial charge in [0.2, 0.25) is 0 Å². The number of amides is 1. The summed E-state index contributed by atoms with van der Waals surface area (Å²) >= 11 is 6.01. The van der Waals surface area contributed by atoms with Crippen LogP contribution in [0.4, 0.5) is 5.69 Å². The van der Waals surface area contributed by atoms with E-state index in [4.69, 9.17) is 16.8 Å². The number of oxime groups is 1. The van der Waals surface area contributed by atoms with Crippen LogP contribution in [0.2, 0.25) is 5.02 Å². The Bertz CT molecular complexity index is 785. The van der Waals surface area contributed by atoms with Crippen molar-refractivity contribution in [3.63, 3.8) is 0 Å². The van der Waals surface area contributed by atoms with Crippen LogP contribution in [0.15, 0.2) is 59.8 Å². The highest BCUT2D eigenvalue weighted by atomic mass is 35.5. The van der Waals surface area contributed by atoms with Crippen LogP contribution in [0.3, 0.4) is 0 Å².